The van der Waals surface area contributed by atoms with Gasteiger partial charge < -0.3 is 19.3 Å². The van der Waals surface area contributed by atoms with Gasteiger partial charge in [0.05, 0.1) is 20.3 Å². The van der Waals surface area contributed by atoms with Gasteiger partial charge in [0.15, 0.2) is 0 Å². The molecule has 1 aromatic heterocycles. The SMILES string of the molecule is COC(=O)CN(CCN(c1ccc(OC)cc1)C(c1ccccc1)c1ccccc1)C(=O)Cn1cncn1. The lowest BCUT2D eigenvalue weighted by Crippen LogP contribution is -2.44. The van der Waals surface area contributed by atoms with E-state index < -0.39 is 5.97 Å². The standard InChI is InChI=1S/C29H31N5O4/c1-37-26-15-13-25(14-16-26)34(29(23-9-5-3-6-10-23)24-11-7-4-8-12-24)18-17-32(20-28(36)38-2)27(35)19-33-22-30-21-31-33/h3-16,21-22,29H,17-20H2,1-2H3. The van der Waals surface area contributed by atoms with Gasteiger partial charge in [0, 0.05) is 18.8 Å². The number of ether oxygens (including phenoxy) is 2. The summed E-state index contributed by atoms with van der Waals surface area (Å²) in [7, 11) is 2.95. The van der Waals surface area contributed by atoms with Gasteiger partial charge in [-0.05, 0) is 35.4 Å². The van der Waals surface area contributed by atoms with Crippen LogP contribution in [-0.4, -0.2) is 65.4 Å². The van der Waals surface area contributed by atoms with Crippen LogP contribution in [0.3, 0.4) is 0 Å². The number of amides is 1. The maximum atomic E-state index is 13.2. The highest BCUT2D eigenvalue weighted by atomic mass is 16.5. The molecule has 0 bridgehead atoms. The number of methoxy groups -OCH3 is 2. The summed E-state index contributed by atoms with van der Waals surface area (Å²) in [6.45, 7) is 0.536. The van der Waals surface area contributed by atoms with Crippen molar-refractivity contribution in [1.29, 1.82) is 0 Å². The minimum absolute atomic E-state index is 0.0275. The van der Waals surface area contributed by atoms with Crippen molar-refractivity contribution >= 4 is 17.6 Å². The number of benzene rings is 3. The maximum Gasteiger partial charge on any atom is 0.325 e. The summed E-state index contributed by atoms with van der Waals surface area (Å²) >= 11 is 0. The van der Waals surface area contributed by atoms with Crippen LogP contribution in [0.1, 0.15) is 17.2 Å². The van der Waals surface area contributed by atoms with Crippen LogP contribution in [0.15, 0.2) is 97.6 Å². The number of rotatable bonds is 12. The Morgan fingerprint density at radius 3 is 2.03 bits per heavy atom. The summed E-state index contributed by atoms with van der Waals surface area (Å²) in [5, 5.41) is 4.02. The normalized spacial score (nSPS) is 10.7. The molecule has 0 aliphatic carbocycles. The van der Waals surface area contributed by atoms with Gasteiger partial charge in [0.25, 0.3) is 0 Å². The zero-order valence-electron chi connectivity index (χ0n) is 21.5. The fourth-order valence-corrected chi connectivity index (χ4v) is 4.30. The topological polar surface area (TPSA) is 89.8 Å². The van der Waals surface area contributed by atoms with Crippen molar-refractivity contribution in [2.75, 3.05) is 38.8 Å². The highest BCUT2D eigenvalue weighted by Gasteiger charge is 2.26. The van der Waals surface area contributed by atoms with Crippen LogP contribution in [-0.2, 0) is 20.9 Å². The van der Waals surface area contributed by atoms with Crippen LogP contribution in [0.4, 0.5) is 5.69 Å². The second-order valence-corrected chi connectivity index (χ2v) is 8.60. The molecule has 0 aliphatic heterocycles. The number of nitrogens with zero attached hydrogens (tertiary/aromatic N) is 5. The highest BCUT2D eigenvalue weighted by Crippen LogP contribution is 2.33. The van der Waals surface area contributed by atoms with E-state index in [0.29, 0.717) is 6.54 Å². The fourth-order valence-electron chi connectivity index (χ4n) is 4.30. The molecule has 0 saturated carbocycles. The van der Waals surface area contributed by atoms with E-state index in [4.69, 9.17) is 9.47 Å². The van der Waals surface area contributed by atoms with Gasteiger partial charge in [-0.1, -0.05) is 60.7 Å². The number of hydrogen-bond donors (Lipinski definition) is 0. The molecule has 0 radical (unpaired) electrons. The van der Waals surface area contributed by atoms with Crippen molar-refractivity contribution in [3.05, 3.63) is 109 Å². The lowest BCUT2D eigenvalue weighted by atomic mass is 9.96. The molecular weight excluding hydrogens is 482 g/mol. The molecule has 0 spiro atoms. The lowest BCUT2D eigenvalue weighted by Gasteiger charge is -2.36. The average Bonchev–Trinajstić information content (AvgIpc) is 3.48. The van der Waals surface area contributed by atoms with Crippen molar-refractivity contribution in [2.45, 2.75) is 12.6 Å². The first-order chi connectivity index (χ1) is 18.6. The van der Waals surface area contributed by atoms with E-state index in [1.807, 2.05) is 60.7 Å². The molecule has 0 N–H and O–H groups in total. The van der Waals surface area contributed by atoms with Crippen molar-refractivity contribution < 1.29 is 19.1 Å². The Hall–Kier alpha value is -4.66. The summed E-state index contributed by atoms with van der Waals surface area (Å²) < 4.78 is 11.7. The van der Waals surface area contributed by atoms with Crippen LogP contribution >= 0.6 is 0 Å². The molecule has 196 valence electrons. The largest absolute Gasteiger partial charge is 0.497 e. The van der Waals surface area contributed by atoms with E-state index in [0.717, 1.165) is 22.6 Å². The molecular formula is C29H31N5O4. The summed E-state index contributed by atoms with van der Waals surface area (Å²) in [6.07, 6.45) is 2.84. The molecule has 1 heterocycles. The number of carbonyl (C=O) groups excluding carboxylic acids is 2. The second-order valence-electron chi connectivity index (χ2n) is 8.60. The number of carbonyl (C=O) groups is 2. The first-order valence-electron chi connectivity index (χ1n) is 12.3. The van der Waals surface area contributed by atoms with Gasteiger partial charge in [-0.3, -0.25) is 9.59 Å². The van der Waals surface area contributed by atoms with Crippen LogP contribution < -0.4 is 9.64 Å². The number of hydrogen-bond acceptors (Lipinski definition) is 7. The molecule has 0 fully saturated rings. The van der Waals surface area contributed by atoms with E-state index in [1.165, 1.54) is 29.3 Å². The molecule has 3 aromatic carbocycles. The molecule has 38 heavy (non-hydrogen) atoms. The Labute approximate surface area is 222 Å². The average molecular weight is 514 g/mol. The predicted octanol–water partition coefficient (Wildman–Crippen LogP) is 3.58. The van der Waals surface area contributed by atoms with Crippen molar-refractivity contribution in [3.8, 4) is 5.75 Å². The summed E-state index contributed by atoms with van der Waals surface area (Å²) in [5.41, 5.74) is 3.15. The Kier molecular flexibility index (Phi) is 9.07. The van der Waals surface area contributed by atoms with Crippen LogP contribution in [0.5, 0.6) is 5.75 Å². The first-order valence-corrected chi connectivity index (χ1v) is 12.3. The van der Waals surface area contributed by atoms with Crippen LogP contribution in [0.2, 0.25) is 0 Å². The Morgan fingerprint density at radius 1 is 0.868 bits per heavy atom. The van der Waals surface area contributed by atoms with E-state index in [-0.39, 0.29) is 31.6 Å². The number of esters is 1. The lowest BCUT2D eigenvalue weighted by molar-refractivity contribution is -0.147. The third-order valence-electron chi connectivity index (χ3n) is 6.22. The first kappa shape index (κ1) is 26.4. The monoisotopic (exact) mass is 513 g/mol. The minimum Gasteiger partial charge on any atom is -0.497 e. The summed E-state index contributed by atoms with van der Waals surface area (Å²) in [5.74, 6) is 0.00200. The third kappa shape index (κ3) is 6.76. The summed E-state index contributed by atoms with van der Waals surface area (Å²) in [6, 6.07) is 28.1. The Bertz CT molecular complexity index is 1240. The molecule has 0 unspecified atom stereocenters. The molecule has 9 heteroatoms. The second kappa shape index (κ2) is 13.0. The molecule has 1 amide bonds. The van der Waals surface area contributed by atoms with Crippen LogP contribution in [0.25, 0.3) is 0 Å². The van der Waals surface area contributed by atoms with Crippen LogP contribution in [0, 0.1) is 0 Å². The molecule has 4 aromatic rings. The third-order valence-corrected chi connectivity index (χ3v) is 6.22. The van der Waals surface area contributed by atoms with Gasteiger partial charge in [0.2, 0.25) is 5.91 Å². The molecule has 9 nitrogen and oxygen atoms in total. The van der Waals surface area contributed by atoms with Crippen molar-refractivity contribution in [2.24, 2.45) is 0 Å². The zero-order valence-corrected chi connectivity index (χ0v) is 21.5. The number of anilines is 1. The molecule has 0 atom stereocenters. The number of aromatic nitrogens is 3. The van der Waals surface area contributed by atoms with E-state index >= 15 is 0 Å². The smallest absolute Gasteiger partial charge is 0.325 e. The van der Waals surface area contributed by atoms with Crippen molar-refractivity contribution in [3.63, 3.8) is 0 Å². The zero-order chi connectivity index (χ0) is 26.7. The highest BCUT2D eigenvalue weighted by molar-refractivity contribution is 5.82. The predicted molar refractivity (Wildman–Crippen MR) is 144 cm³/mol. The van der Waals surface area contributed by atoms with Gasteiger partial charge in [0.1, 0.15) is 31.5 Å². The molecule has 0 aliphatic rings. The maximum absolute atomic E-state index is 13.2. The van der Waals surface area contributed by atoms with E-state index in [9.17, 15) is 9.59 Å². The van der Waals surface area contributed by atoms with Gasteiger partial charge in [-0.25, -0.2) is 9.67 Å². The van der Waals surface area contributed by atoms with E-state index in [1.54, 1.807) is 7.11 Å². The summed E-state index contributed by atoms with van der Waals surface area (Å²) in [4.78, 5) is 33.0. The Balaban J connectivity index is 1.69. The molecule has 0 saturated heterocycles. The van der Waals surface area contributed by atoms with Gasteiger partial charge >= 0.3 is 5.97 Å². The van der Waals surface area contributed by atoms with Gasteiger partial charge in [-0.15, -0.1) is 0 Å². The Morgan fingerprint density at radius 2 is 1.50 bits per heavy atom. The minimum atomic E-state index is -0.490. The van der Waals surface area contributed by atoms with Crippen molar-refractivity contribution in [1.82, 2.24) is 19.7 Å². The fraction of sp³-hybridized carbons (Fsp3) is 0.241. The quantitative estimate of drug-likeness (QED) is 0.268. The molecule has 4 rings (SSSR count). The van der Waals surface area contributed by atoms with Gasteiger partial charge in [-0.2, -0.15) is 5.10 Å². The van der Waals surface area contributed by atoms with E-state index in [2.05, 4.69) is 39.2 Å².